The average Bonchev–Trinajstić information content (AvgIpc) is 3.63. The number of ketones is 1. The molecule has 0 radical (unpaired) electrons. The van der Waals surface area contributed by atoms with Crippen molar-refractivity contribution in [2.75, 3.05) is 31.1 Å². The molecule has 1 saturated heterocycles. The van der Waals surface area contributed by atoms with E-state index in [9.17, 15) is 32.7 Å². The molecule has 0 bridgehead atoms. The summed E-state index contributed by atoms with van der Waals surface area (Å²) >= 11 is 0. The Morgan fingerprint density at radius 3 is 2.04 bits per heavy atom. The lowest BCUT2D eigenvalue weighted by atomic mass is 10.0. The van der Waals surface area contributed by atoms with E-state index in [1.165, 1.54) is 21.7 Å². The van der Waals surface area contributed by atoms with Crippen molar-refractivity contribution < 1.29 is 27.9 Å². The first kappa shape index (κ1) is 32.1. The summed E-state index contributed by atoms with van der Waals surface area (Å²) < 4.78 is 45.8. The maximum Gasteiger partial charge on any atom is 0.294 e. The van der Waals surface area contributed by atoms with E-state index in [-0.39, 0.29) is 37.2 Å². The van der Waals surface area contributed by atoms with Crippen molar-refractivity contribution in [3.8, 4) is 5.69 Å². The number of piperazine rings is 1. The Labute approximate surface area is 274 Å². The monoisotopic (exact) mass is 652 g/mol. The molecule has 1 amide bonds. The Morgan fingerprint density at radius 1 is 0.771 bits per heavy atom. The summed E-state index contributed by atoms with van der Waals surface area (Å²) in [5.41, 5.74) is 1.48. The SMILES string of the molecule is O=C(C=C(O)c1cc(Cc2c(F)cc(F)cc2F)cn(Cc2ccccc2)c1=O)C(=O)N1CCN(c2ccc(-n3cccc3)cc2)CC1. The summed E-state index contributed by atoms with van der Waals surface area (Å²) in [6.07, 6.45) is 5.61. The summed E-state index contributed by atoms with van der Waals surface area (Å²) in [5.74, 6) is -5.90. The Kier molecular flexibility index (Phi) is 9.29. The molecule has 6 rings (SSSR count). The number of anilines is 1. The van der Waals surface area contributed by atoms with E-state index >= 15 is 0 Å². The number of benzene rings is 3. The van der Waals surface area contributed by atoms with Gasteiger partial charge in [0.15, 0.2) is 0 Å². The third kappa shape index (κ3) is 7.10. The highest BCUT2D eigenvalue weighted by atomic mass is 19.1. The number of hydrogen-bond acceptors (Lipinski definition) is 5. The van der Waals surface area contributed by atoms with Crippen molar-refractivity contribution >= 4 is 23.1 Å². The van der Waals surface area contributed by atoms with E-state index in [0.29, 0.717) is 31.3 Å². The summed E-state index contributed by atoms with van der Waals surface area (Å²) in [6.45, 7) is 1.56. The number of halogens is 3. The predicted octanol–water partition coefficient (Wildman–Crippen LogP) is 5.51. The highest BCUT2D eigenvalue weighted by Crippen LogP contribution is 2.22. The first-order chi connectivity index (χ1) is 23.2. The lowest BCUT2D eigenvalue weighted by Gasteiger charge is -2.35. The number of aliphatic hydroxyl groups is 1. The Bertz CT molecular complexity index is 2010. The number of nitrogens with zero attached hydrogens (tertiary/aromatic N) is 4. The largest absolute Gasteiger partial charge is 0.507 e. The van der Waals surface area contributed by atoms with Crippen LogP contribution in [0, 0.1) is 17.5 Å². The van der Waals surface area contributed by atoms with Gasteiger partial charge in [-0.2, -0.15) is 0 Å². The Hall–Kier alpha value is -5.84. The molecule has 1 N–H and O–H groups in total. The van der Waals surface area contributed by atoms with Crippen molar-refractivity contribution in [2.24, 2.45) is 0 Å². The zero-order valence-electron chi connectivity index (χ0n) is 25.7. The number of carbonyl (C=O) groups excluding carboxylic acids is 2. The number of aromatic nitrogens is 2. The second-order valence-corrected chi connectivity index (χ2v) is 11.5. The van der Waals surface area contributed by atoms with Gasteiger partial charge >= 0.3 is 0 Å². The van der Waals surface area contributed by atoms with Crippen LogP contribution < -0.4 is 10.5 Å². The van der Waals surface area contributed by atoms with Crippen LogP contribution in [0.1, 0.15) is 22.3 Å². The zero-order chi connectivity index (χ0) is 33.8. The van der Waals surface area contributed by atoms with Gasteiger partial charge < -0.3 is 24.0 Å². The lowest BCUT2D eigenvalue weighted by Crippen LogP contribution is -2.50. The standard InChI is InChI=1S/C37H31F3N4O4/c38-27-20-32(39)30(33(40)21-27)18-26-19-31(36(47)44(24-26)23-25-6-2-1-3-7-25)34(45)22-35(46)37(48)43-16-14-42(15-17-43)29-10-8-28(9-11-29)41-12-4-5-13-41/h1-13,19-22,24,45H,14-18,23H2. The van der Waals surface area contributed by atoms with Gasteiger partial charge in [-0.25, -0.2) is 13.2 Å². The predicted molar refractivity (Wildman–Crippen MR) is 176 cm³/mol. The molecule has 11 heteroatoms. The summed E-state index contributed by atoms with van der Waals surface area (Å²) in [5, 5.41) is 11.0. The van der Waals surface area contributed by atoms with E-state index in [2.05, 4.69) is 4.90 Å². The Balaban J connectivity index is 1.19. The molecule has 0 atom stereocenters. The van der Waals surface area contributed by atoms with E-state index in [1.807, 2.05) is 53.4 Å². The molecule has 48 heavy (non-hydrogen) atoms. The molecular weight excluding hydrogens is 621 g/mol. The minimum atomic E-state index is -1.11. The smallest absolute Gasteiger partial charge is 0.294 e. The molecule has 5 aromatic rings. The molecule has 0 unspecified atom stereocenters. The Morgan fingerprint density at radius 2 is 1.40 bits per heavy atom. The van der Waals surface area contributed by atoms with Crippen LogP contribution in [0.4, 0.5) is 18.9 Å². The highest BCUT2D eigenvalue weighted by Gasteiger charge is 2.26. The van der Waals surface area contributed by atoms with Gasteiger partial charge in [-0.05, 0) is 53.6 Å². The second-order valence-electron chi connectivity index (χ2n) is 11.5. The third-order valence-electron chi connectivity index (χ3n) is 8.26. The molecule has 0 aliphatic carbocycles. The highest BCUT2D eigenvalue weighted by molar-refractivity contribution is 6.41. The normalized spacial score (nSPS) is 13.5. The molecule has 0 spiro atoms. The topological polar surface area (TPSA) is 87.8 Å². The van der Waals surface area contributed by atoms with Crippen molar-refractivity contribution in [1.82, 2.24) is 14.0 Å². The number of rotatable bonds is 9. The molecule has 1 aliphatic heterocycles. The van der Waals surface area contributed by atoms with Crippen molar-refractivity contribution in [3.05, 3.63) is 160 Å². The van der Waals surface area contributed by atoms with E-state index in [4.69, 9.17) is 0 Å². The van der Waals surface area contributed by atoms with Gasteiger partial charge in [0.25, 0.3) is 11.5 Å². The van der Waals surface area contributed by atoms with Crippen molar-refractivity contribution in [2.45, 2.75) is 13.0 Å². The molecule has 3 aromatic carbocycles. The summed E-state index contributed by atoms with van der Waals surface area (Å²) in [4.78, 5) is 43.1. The third-order valence-corrected chi connectivity index (χ3v) is 8.26. The fraction of sp³-hybridized carbons (Fsp3) is 0.162. The van der Waals surface area contributed by atoms with Gasteiger partial charge in [0.2, 0.25) is 5.78 Å². The minimum absolute atomic E-state index is 0.0500. The lowest BCUT2D eigenvalue weighted by molar-refractivity contribution is -0.142. The van der Waals surface area contributed by atoms with Gasteiger partial charge in [-0.1, -0.05) is 30.3 Å². The zero-order valence-corrected chi connectivity index (χ0v) is 25.7. The van der Waals surface area contributed by atoms with Crippen LogP contribution in [0.2, 0.25) is 0 Å². The van der Waals surface area contributed by atoms with Crippen LogP contribution in [-0.4, -0.2) is 57.0 Å². The van der Waals surface area contributed by atoms with E-state index < -0.39 is 46.0 Å². The van der Waals surface area contributed by atoms with Crippen LogP contribution >= 0.6 is 0 Å². The van der Waals surface area contributed by atoms with Crippen LogP contribution in [0.15, 0.2) is 114 Å². The minimum Gasteiger partial charge on any atom is -0.507 e. The average molecular weight is 653 g/mol. The first-order valence-corrected chi connectivity index (χ1v) is 15.3. The van der Waals surface area contributed by atoms with Crippen LogP contribution in [0.3, 0.4) is 0 Å². The number of pyridine rings is 1. The van der Waals surface area contributed by atoms with Gasteiger partial charge in [-0.3, -0.25) is 14.4 Å². The quantitative estimate of drug-likeness (QED) is 0.129. The van der Waals surface area contributed by atoms with Gasteiger partial charge in [0.05, 0.1) is 12.1 Å². The van der Waals surface area contributed by atoms with Crippen molar-refractivity contribution in [3.63, 3.8) is 0 Å². The van der Waals surface area contributed by atoms with Gasteiger partial charge in [-0.15, -0.1) is 0 Å². The van der Waals surface area contributed by atoms with Crippen LogP contribution in [0.5, 0.6) is 0 Å². The fourth-order valence-corrected chi connectivity index (χ4v) is 5.75. The molecule has 8 nitrogen and oxygen atoms in total. The van der Waals surface area contributed by atoms with E-state index in [1.54, 1.807) is 30.3 Å². The van der Waals surface area contributed by atoms with Crippen LogP contribution in [0.25, 0.3) is 11.4 Å². The van der Waals surface area contributed by atoms with E-state index in [0.717, 1.165) is 16.9 Å². The number of aliphatic hydroxyl groups excluding tert-OH is 1. The number of hydrogen-bond donors (Lipinski definition) is 1. The van der Waals surface area contributed by atoms with Gasteiger partial charge in [0.1, 0.15) is 23.2 Å². The fourth-order valence-electron chi connectivity index (χ4n) is 5.75. The summed E-state index contributed by atoms with van der Waals surface area (Å²) in [6, 6.07) is 23.1. The maximum absolute atomic E-state index is 14.5. The molecule has 0 saturated carbocycles. The second kappa shape index (κ2) is 13.9. The molecule has 1 fully saturated rings. The molecule has 3 heterocycles. The first-order valence-electron chi connectivity index (χ1n) is 15.3. The maximum atomic E-state index is 14.5. The molecule has 1 aliphatic rings. The molecule has 244 valence electrons. The van der Waals surface area contributed by atoms with Crippen molar-refractivity contribution in [1.29, 1.82) is 0 Å². The summed E-state index contributed by atoms with van der Waals surface area (Å²) in [7, 11) is 0. The number of amides is 1. The molecular formula is C37H31F3N4O4. The van der Waals surface area contributed by atoms with Gasteiger partial charge in [0, 0.05) is 86.3 Å². The number of carbonyl (C=O) groups is 2. The van der Waals surface area contributed by atoms with Crippen LogP contribution in [-0.2, 0) is 22.6 Å². The molecule has 2 aromatic heterocycles.